The lowest BCUT2D eigenvalue weighted by atomic mass is 9.88. The van der Waals surface area contributed by atoms with E-state index in [-0.39, 0.29) is 41.9 Å². The molecule has 0 aliphatic carbocycles. The number of hydrogen-bond donors (Lipinski definition) is 3. The number of rotatable bonds is 11. The third-order valence-electron chi connectivity index (χ3n) is 12.6. The summed E-state index contributed by atoms with van der Waals surface area (Å²) in [7, 11) is 0. The number of ketones is 1. The number of fused-ring (bicyclic) bond motifs is 2. The van der Waals surface area contributed by atoms with Gasteiger partial charge in [0.25, 0.3) is 11.8 Å². The Morgan fingerprint density at radius 2 is 1.40 bits per heavy atom. The van der Waals surface area contributed by atoms with Crippen LogP contribution < -0.4 is 10.1 Å². The number of imide groups is 2. The lowest BCUT2D eigenvalue weighted by Crippen LogP contribution is -2.54. The molecule has 1 atom stereocenters. The average Bonchev–Trinajstić information content (AvgIpc) is 3.76. The maximum Gasteiger partial charge on any atom is 0.262 e. The average molecular weight is 827 g/mol. The molecule has 0 saturated carbocycles. The first-order chi connectivity index (χ1) is 29.1. The van der Waals surface area contributed by atoms with Gasteiger partial charge in [-0.3, -0.25) is 34.2 Å². The van der Waals surface area contributed by atoms with Crippen molar-refractivity contribution < 1.29 is 38.9 Å². The molecule has 0 radical (unpaired) electrons. The number of nitrogens with zero attached hydrogens (tertiary/aromatic N) is 3. The second-order valence-electron chi connectivity index (χ2n) is 16.4. The number of ether oxygens (including phenoxy) is 1. The van der Waals surface area contributed by atoms with Gasteiger partial charge >= 0.3 is 0 Å². The van der Waals surface area contributed by atoms with Crippen LogP contribution in [0.15, 0.2) is 84.9 Å². The van der Waals surface area contributed by atoms with Gasteiger partial charge in [0.15, 0.2) is 5.78 Å². The Hall–Kier alpha value is -5.89. The monoisotopic (exact) mass is 826 g/mol. The summed E-state index contributed by atoms with van der Waals surface area (Å²) in [6.45, 7) is 6.58. The van der Waals surface area contributed by atoms with Gasteiger partial charge in [0.2, 0.25) is 11.8 Å². The van der Waals surface area contributed by atoms with Crippen LogP contribution in [0, 0.1) is 5.92 Å². The van der Waals surface area contributed by atoms with Crippen molar-refractivity contribution in [3.63, 3.8) is 0 Å². The molecule has 4 aromatic carbocycles. The van der Waals surface area contributed by atoms with Crippen molar-refractivity contribution in [2.24, 2.45) is 5.92 Å². The first kappa shape index (κ1) is 39.6. The molecule has 3 saturated heterocycles. The summed E-state index contributed by atoms with van der Waals surface area (Å²) in [6, 6.07) is 23.7. The van der Waals surface area contributed by atoms with Crippen molar-refractivity contribution in [1.29, 1.82) is 0 Å². The predicted molar refractivity (Wildman–Crippen MR) is 227 cm³/mol. The van der Waals surface area contributed by atoms with Crippen LogP contribution >= 0.6 is 11.3 Å². The van der Waals surface area contributed by atoms with Crippen LogP contribution in [0.2, 0.25) is 0 Å². The lowest BCUT2D eigenvalue weighted by Gasteiger charge is -2.36. The Balaban J connectivity index is 0.724. The maximum absolute atomic E-state index is 14.0. The van der Waals surface area contributed by atoms with E-state index >= 15 is 0 Å². The zero-order chi connectivity index (χ0) is 41.5. The van der Waals surface area contributed by atoms with E-state index in [9.17, 15) is 34.2 Å². The molecule has 3 N–H and O–H groups in total. The molecule has 4 amide bonds. The zero-order valence-corrected chi connectivity index (χ0v) is 33.9. The summed E-state index contributed by atoms with van der Waals surface area (Å²) < 4.78 is 7.03. The van der Waals surface area contributed by atoms with Gasteiger partial charge in [-0.15, -0.1) is 11.3 Å². The zero-order valence-electron chi connectivity index (χ0n) is 33.1. The van der Waals surface area contributed by atoms with Crippen molar-refractivity contribution in [3.8, 4) is 27.7 Å². The molecule has 5 aromatic rings. The first-order valence-electron chi connectivity index (χ1n) is 20.7. The molecule has 4 aliphatic heterocycles. The lowest BCUT2D eigenvalue weighted by molar-refractivity contribution is -0.136. The fourth-order valence-corrected chi connectivity index (χ4v) is 10.3. The number of amides is 4. The minimum atomic E-state index is -0.961. The highest BCUT2D eigenvalue weighted by atomic mass is 32.1. The number of piperidine rings is 3. The van der Waals surface area contributed by atoms with E-state index < -0.39 is 23.8 Å². The topological polar surface area (TPSA) is 157 Å². The summed E-state index contributed by atoms with van der Waals surface area (Å²) in [5, 5.41) is 23.0. The van der Waals surface area contributed by atoms with Crippen molar-refractivity contribution in [3.05, 3.63) is 113 Å². The molecule has 1 unspecified atom stereocenters. The van der Waals surface area contributed by atoms with E-state index in [1.807, 2.05) is 24.3 Å². The molecule has 308 valence electrons. The molecule has 1 aromatic heterocycles. The smallest absolute Gasteiger partial charge is 0.262 e. The summed E-state index contributed by atoms with van der Waals surface area (Å²) in [5.41, 5.74) is 3.65. The van der Waals surface area contributed by atoms with E-state index in [4.69, 9.17) is 4.74 Å². The summed E-state index contributed by atoms with van der Waals surface area (Å²) in [5.74, 6) is -0.286. The number of phenols is 2. The number of hydrogen-bond acceptors (Lipinski definition) is 11. The minimum Gasteiger partial charge on any atom is -0.508 e. The van der Waals surface area contributed by atoms with Crippen molar-refractivity contribution in [2.45, 2.75) is 50.5 Å². The van der Waals surface area contributed by atoms with Gasteiger partial charge in [0.05, 0.1) is 17.7 Å². The van der Waals surface area contributed by atoms with Crippen molar-refractivity contribution >= 4 is 50.8 Å². The number of nitrogens with one attached hydrogen (secondary N) is 1. The fourth-order valence-electron chi connectivity index (χ4n) is 9.08. The van der Waals surface area contributed by atoms with Gasteiger partial charge in [-0.1, -0.05) is 6.07 Å². The summed E-state index contributed by atoms with van der Waals surface area (Å²) in [4.78, 5) is 71.3. The standard InChI is InChI=1S/C47H46N4O8S/c52-33-6-1-31(2-7-33)44-42(37-12-8-34(53)26-40(37)60-44)43(55)30-3-9-35(10-4-30)59-27-28-15-19-49(20-16-28)23-24-50-21-17-29(18-22-50)32-5-11-36-38(25-32)47(58)51(46(36)57)39-13-14-41(54)48-45(39)56/h1-12,25-26,28-29,39,52-53H,13-24,27H2,(H,48,54,56). The second kappa shape index (κ2) is 16.6. The van der Waals surface area contributed by atoms with Gasteiger partial charge in [-0.2, -0.15) is 0 Å². The highest BCUT2D eigenvalue weighted by Gasteiger charge is 2.45. The van der Waals surface area contributed by atoms with E-state index in [1.54, 1.807) is 60.7 Å². The summed E-state index contributed by atoms with van der Waals surface area (Å²) in [6.07, 6.45) is 4.28. The highest BCUT2D eigenvalue weighted by molar-refractivity contribution is 7.22. The molecule has 9 rings (SSSR count). The number of benzene rings is 4. The Labute approximate surface area is 351 Å². The number of carbonyl (C=O) groups is 5. The van der Waals surface area contributed by atoms with Gasteiger partial charge in [-0.25, -0.2) is 0 Å². The van der Waals surface area contributed by atoms with Crippen LogP contribution in [0.3, 0.4) is 0 Å². The van der Waals surface area contributed by atoms with Crippen LogP contribution in [0.5, 0.6) is 17.2 Å². The van der Waals surface area contributed by atoms with E-state index in [2.05, 4.69) is 15.1 Å². The normalized spacial score (nSPS) is 19.5. The Kier molecular flexibility index (Phi) is 11.0. The molecule has 0 bridgehead atoms. The maximum atomic E-state index is 14.0. The molecular weight excluding hydrogens is 781 g/mol. The van der Waals surface area contributed by atoms with Gasteiger partial charge < -0.3 is 24.7 Å². The molecule has 0 spiro atoms. The Morgan fingerprint density at radius 3 is 2.10 bits per heavy atom. The number of carbonyl (C=O) groups excluding carboxylic acids is 5. The van der Waals surface area contributed by atoms with Gasteiger partial charge in [0, 0.05) is 45.6 Å². The first-order valence-corrected chi connectivity index (χ1v) is 21.5. The number of aromatic hydroxyl groups is 2. The van der Waals surface area contributed by atoms with E-state index in [1.165, 1.54) is 11.3 Å². The molecule has 4 aliphatic rings. The highest BCUT2D eigenvalue weighted by Crippen LogP contribution is 2.42. The van der Waals surface area contributed by atoms with Crippen LogP contribution in [-0.2, 0) is 9.59 Å². The molecule has 12 nitrogen and oxygen atoms in total. The third-order valence-corrected chi connectivity index (χ3v) is 13.8. The van der Waals surface area contributed by atoms with Gasteiger partial charge in [0.1, 0.15) is 23.3 Å². The Morgan fingerprint density at radius 1 is 0.733 bits per heavy atom. The van der Waals surface area contributed by atoms with Crippen LogP contribution in [0.1, 0.15) is 86.6 Å². The molecule has 13 heteroatoms. The predicted octanol–water partition coefficient (Wildman–Crippen LogP) is 6.58. The quantitative estimate of drug-likeness (QED) is 0.0982. The van der Waals surface area contributed by atoms with Crippen molar-refractivity contribution in [1.82, 2.24) is 20.0 Å². The number of thiophene rings is 1. The van der Waals surface area contributed by atoms with Crippen LogP contribution in [0.4, 0.5) is 0 Å². The SMILES string of the molecule is O=C1CCC(N2C(=O)c3ccc(C4CCN(CCN5CCC(COc6ccc(C(=O)c7c(-c8ccc(O)cc8)sc8cc(O)ccc78)cc6)CC5)CC4)cc3C2=O)C(=O)N1. The third kappa shape index (κ3) is 7.92. The summed E-state index contributed by atoms with van der Waals surface area (Å²) >= 11 is 1.44. The molecule has 5 heterocycles. The van der Waals surface area contributed by atoms with E-state index in [0.717, 1.165) is 102 Å². The Bertz CT molecular complexity index is 2480. The fraction of sp³-hybridized carbons (Fsp3) is 0.340. The molecule has 60 heavy (non-hydrogen) atoms. The van der Waals surface area contributed by atoms with Crippen molar-refractivity contribution in [2.75, 3.05) is 45.9 Å². The van der Waals surface area contributed by atoms with Gasteiger partial charge in [-0.05, 0) is 160 Å². The van der Waals surface area contributed by atoms with Crippen LogP contribution in [-0.4, -0.2) is 106 Å². The number of likely N-dealkylation sites (tertiary alicyclic amines) is 2. The van der Waals surface area contributed by atoms with Crippen LogP contribution in [0.25, 0.3) is 20.5 Å². The van der Waals surface area contributed by atoms with E-state index in [0.29, 0.717) is 34.8 Å². The largest absolute Gasteiger partial charge is 0.508 e. The molecule has 3 fully saturated rings. The number of phenolic OH excluding ortho intramolecular Hbond substituents is 2. The minimum absolute atomic E-state index is 0.0977. The molecular formula is C47H46N4O8S. The second-order valence-corrected chi connectivity index (χ2v) is 17.4.